The molecule has 0 radical (unpaired) electrons. The molecule has 1 saturated heterocycles. The van der Waals surface area contributed by atoms with Crippen molar-refractivity contribution in [2.24, 2.45) is 11.7 Å². The predicted molar refractivity (Wildman–Crippen MR) is 128 cm³/mol. The van der Waals surface area contributed by atoms with E-state index in [1.165, 1.54) is 23.6 Å². The molecule has 0 aliphatic carbocycles. The lowest BCUT2D eigenvalue weighted by atomic mass is 9.93. The number of furan rings is 1. The van der Waals surface area contributed by atoms with Crippen LogP contribution in [0.25, 0.3) is 11.6 Å². The molecule has 0 spiro atoms. The van der Waals surface area contributed by atoms with E-state index in [0.717, 1.165) is 11.1 Å². The van der Waals surface area contributed by atoms with Crippen LogP contribution in [0.4, 0.5) is 36.1 Å². The van der Waals surface area contributed by atoms with Crippen LogP contribution < -0.4 is 27.0 Å². The van der Waals surface area contributed by atoms with Gasteiger partial charge in [0.1, 0.15) is 11.9 Å². The van der Waals surface area contributed by atoms with E-state index in [2.05, 4.69) is 25.6 Å². The summed E-state index contributed by atoms with van der Waals surface area (Å²) < 4.78 is 45.9. The Morgan fingerprint density at radius 2 is 1.97 bits per heavy atom. The van der Waals surface area contributed by atoms with Gasteiger partial charge >= 0.3 is 6.18 Å². The van der Waals surface area contributed by atoms with Gasteiger partial charge < -0.3 is 31.4 Å². The number of fused-ring (bicyclic) bond motifs is 1. The maximum absolute atomic E-state index is 13.4. The first kappa shape index (κ1) is 23.6. The number of piperidine rings is 1. The van der Waals surface area contributed by atoms with Crippen LogP contribution in [0.1, 0.15) is 28.1 Å². The van der Waals surface area contributed by atoms with Crippen LogP contribution >= 0.6 is 0 Å². The van der Waals surface area contributed by atoms with Gasteiger partial charge in [-0.25, -0.2) is 9.97 Å². The first-order valence-corrected chi connectivity index (χ1v) is 11.2. The average Bonchev–Trinajstić information content (AvgIpc) is 3.19. The number of nitrogens with two attached hydrogens (primary N) is 2. The van der Waals surface area contributed by atoms with Gasteiger partial charge in [0, 0.05) is 49.8 Å². The number of aromatic nitrogens is 3. The molecule has 10 nitrogen and oxygen atoms in total. The second-order valence-electron chi connectivity index (χ2n) is 8.72. The van der Waals surface area contributed by atoms with Crippen LogP contribution in [-0.4, -0.2) is 52.7 Å². The summed E-state index contributed by atoms with van der Waals surface area (Å²) in [4.78, 5) is 26.8. The van der Waals surface area contributed by atoms with Gasteiger partial charge in [0.15, 0.2) is 5.76 Å². The Kier molecular flexibility index (Phi) is 6.00. The fraction of sp³-hybridized carbons (Fsp3) is 0.304. The van der Waals surface area contributed by atoms with E-state index in [-0.39, 0.29) is 36.6 Å². The van der Waals surface area contributed by atoms with Crippen molar-refractivity contribution in [2.45, 2.75) is 18.6 Å². The number of nitrogen functional groups attached to an aromatic ring is 1. The van der Waals surface area contributed by atoms with Crippen molar-refractivity contribution >= 4 is 40.5 Å². The molecule has 13 heteroatoms. The third-order valence-corrected chi connectivity index (χ3v) is 6.21. The predicted octanol–water partition coefficient (Wildman–Crippen LogP) is 2.98. The Hall–Kier alpha value is -4.13. The van der Waals surface area contributed by atoms with Gasteiger partial charge in [0.25, 0.3) is 5.91 Å². The van der Waals surface area contributed by atoms with E-state index < -0.39 is 24.0 Å². The highest BCUT2D eigenvalue weighted by atomic mass is 19.4. The third-order valence-electron chi connectivity index (χ3n) is 6.21. The zero-order valence-corrected chi connectivity index (χ0v) is 18.9. The molecule has 0 bridgehead atoms. The van der Waals surface area contributed by atoms with E-state index in [4.69, 9.17) is 15.9 Å². The number of hydrogen-bond donors (Lipinski definition) is 4. The van der Waals surface area contributed by atoms with Gasteiger partial charge in [-0.05, 0) is 24.1 Å². The highest BCUT2D eigenvalue weighted by molar-refractivity contribution is 6.14. The molecule has 2 aliphatic heterocycles. The zero-order chi connectivity index (χ0) is 25.4. The number of nitrogens with zero attached hydrogens (tertiary/aromatic N) is 4. The molecular weight excluding hydrogens is 477 g/mol. The molecule has 5 heterocycles. The summed E-state index contributed by atoms with van der Waals surface area (Å²) in [6, 6.07) is 0.878. The Labute approximate surface area is 203 Å². The number of nitrogens with one attached hydrogen (secondary N) is 2. The summed E-state index contributed by atoms with van der Waals surface area (Å²) in [7, 11) is 0. The minimum absolute atomic E-state index is 0.0860. The van der Waals surface area contributed by atoms with Crippen molar-refractivity contribution in [3.8, 4) is 0 Å². The summed E-state index contributed by atoms with van der Waals surface area (Å²) >= 11 is 0. The van der Waals surface area contributed by atoms with Crippen molar-refractivity contribution in [1.29, 1.82) is 0 Å². The van der Waals surface area contributed by atoms with E-state index >= 15 is 0 Å². The molecule has 0 saturated carbocycles. The monoisotopic (exact) mass is 500 g/mol. The second-order valence-corrected chi connectivity index (χ2v) is 8.72. The molecule has 3 aromatic rings. The molecule has 2 atom stereocenters. The number of carbonyl (C=O) groups is 1. The number of pyridine rings is 1. The lowest BCUT2D eigenvalue weighted by Gasteiger charge is -2.39. The van der Waals surface area contributed by atoms with Gasteiger partial charge in [0.05, 0.1) is 29.2 Å². The number of hydrogen-bond acceptors (Lipinski definition) is 9. The number of carbonyl (C=O) groups excluding carboxylic acids is 1. The largest absolute Gasteiger partial charge is 0.438 e. The Balaban J connectivity index is 1.41. The minimum atomic E-state index is -4.37. The molecule has 36 heavy (non-hydrogen) atoms. The number of anilines is 4. The van der Waals surface area contributed by atoms with Crippen LogP contribution in [0.5, 0.6) is 0 Å². The van der Waals surface area contributed by atoms with Gasteiger partial charge in [-0.2, -0.15) is 13.2 Å². The van der Waals surface area contributed by atoms with Gasteiger partial charge in [-0.3, -0.25) is 9.78 Å². The molecule has 1 amide bonds. The summed E-state index contributed by atoms with van der Waals surface area (Å²) in [5.74, 6) is -1.90. The smallest absolute Gasteiger partial charge is 0.393 e. The Morgan fingerprint density at radius 1 is 1.19 bits per heavy atom. The van der Waals surface area contributed by atoms with Crippen LogP contribution in [0.2, 0.25) is 0 Å². The molecular formula is C23H23F3N8O2. The van der Waals surface area contributed by atoms with Crippen LogP contribution in [0.3, 0.4) is 0 Å². The van der Waals surface area contributed by atoms with Gasteiger partial charge in [0.2, 0.25) is 5.88 Å². The SMILES string of the molecule is Nc1oc2c(c1C(=O)Nc1cnccc1N1C[C@@H](N)C[C@@H](C(F)(F)F)C1)NCC(c1cncnc1)=C2. The third kappa shape index (κ3) is 4.56. The highest BCUT2D eigenvalue weighted by Gasteiger charge is 2.44. The lowest BCUT2D eigenvalue weighted by molar-refractivity contribution is -0.177. The first-order valence-electron chi connectivity index (χ1n) is 11.2. The molecule has 0 unspecified atom stereocenters. The summed E-state index contributed by atoms with van der Waals surface area (Å²) in [6.07, 6.45) is 4.78. The van der Waals surface area contributed by atoms with Crippen LogP contribution in [0.15, 0.2) is 41.6 Å². The Bertz CT molecular complexity index is 1310. The highest BCUT2D eigenvalue weighted by Crippen LogP contribution is 2.39. The number of amides is 1. The zero-order valence-electron chi connectivity index (χ0n) is 18.9. The van der Waals surface area contributed by atoms with E-state index in [1.54, 1.807) is 24.5 Å². The lowest BCUT2D eigenvalue weighted by Crippen LogP contribution is -2.51. The summed E-state index contributed by atoms with van der Waals surface area (Å²) in [6.45, 7) is 0.314. The topological polar surface area (TPSA) is 148 Å². The maximum Gasteiger partial charge on any atom is 0.393 e. The van der Waals surface area contributed by atoms with Gasteiger partial charge in [-0.15, -0.1) is 0 Å². The normalized spacial score (nSPS) is 19.8. The van der Waals surface area contributed by atoms with Crippen molar-refractivity contribution in [3.63, 3.8) is 0 Å². The van der Waals surface area contributed by atoms with E-state index in [0.29, 0.717) is 23.7 Å². The number of alkyl halides is 3. The first-order chi connectivity index (χ1) is 17.2. The van der Waals surface area contributed by atoms with Crippen molar-refractivity contribution in [2.75, 3.05) is 40.9 Å². The molecule has 188 valence electrons. The van der Waals surface area contributed by atoms with Crippen molar-refractivity contribution < 1.29 is 22.4 Å². The summed E-state index contributed by atoms with van der Waals surface area (Å²) in [5.41, 5.74) is 14.7. The molecule has 0 aromatic carbocycles. The number of rotatable bonds is 4. The fourth-order valence-electron chi connectivity index (χ4n) is 4.53. The number of halogens is 3. The minimum Gasteiger partial charge on any atom is -0.438 e. The van der Waals surface area contributed by atoms with Crippen LogP contribution in [0, 0.1) is 5.92 Å². The van der Waals surface area contributed by atoms with E-state index in [9.17, 15) is 18.0 Å². The molecule has 3 aromatic heterocycles. The summed E-state index contributed by atoms with van der Waals surface area (Å²) in [5, 5.41) is 5.87. The average molecular weight is 500 g/mol. The second kappa shape index (κ2) is 9.15. The van der Waals surface area contributed by atoms with Crippen molar-refractivity contribution in [3.05, 3.63) is 54.1 Å². The van der Waals surface area contributed by atoms with Gasteiger partial charge in [-0.1, -0.05) is 0 Å². The van der Waals surface area contributed by atoms with Crippen LogP contribution in [-0.2, 0) is 0 Å². The molecule has 6 N–H and O–H groups in total. The molecule has 2 aliphatic rings. The molecule has 5 rings (SSSR count). The fourth-order valence-corrected chi connectivity index (χ4v) is 4.53. The van der Waals surface area contributed by atoms with Crippen molar-refractivity contribution in [1.82, 2.24) is 15.0 Å². The standard InChI is InChI=1S/C23H23F3N8O2/c24-23(25,26)14-4-15(27)10-34(9-14)17-1-2-29-8-16(17)33-22(35)19-20-18(36-21(19)28)3-12(7-32-20)13-5-30-11-31-6-13/h1-3,5-6,8,11,14-15,32H,4,7,9-10,27-28H2,(H,33,35)/t14-,15+/m1/s1. The van der Waals surface area contributed by atoms with E-state index in [1.807, 2.05) is 0 Å². The quantitative estimate of drug-likeness (QED) is 0.424. The Morgan fingerprint density at radius 3 is 2.72 bits per heavy atom. The molecule has 1 fully saturated rings. The maximum atomic E-state index is 13.4.